The highest BCUT2D eigenvalue weighted by atomic mass is 35.5. The van der Waals surface area contributed by atoms with Gasteiger partial charge in [-0.05, 0) is 19.1 Å². The van der Waals surface area contributed by atoms with Crippen molar-refractivity contribution in [3.8, 4) is 5.75 Å². The Kier molecular flexibility index (Phi) is 8.68. The lowest BCUT2D eigenvalue weighted by atomic mass is 9.97. The highest BCUT2D eigenvalue weighted by molar-refractivity contribution is 6.34. The maximum atomic E-state index is 13.5. The number of urea groups is 1. The number of benzene rings is 2. The molecule has 8 nitrogen and oxygen atoms in total. The van der Waals surface area contributed by atoms with Gasteiger partial charge in [0.05, 0.1) is 25.5 Å². The normalized spacial score (nSPS) is 15.2. The number of carbonyl (C=O) groups is 2. The summed E-state index contributed by atoms with van der Waals surface area (Å²) < 4.78 is 10.7. The summed E-state index contributed by atoms with van der Waals surface area (Å²) in [5, 5.41) is 9.41. The summed E-state index contributed by atoms with van der Waals surface area (Å²) in [5.74, 6) is 0.353. The molecule has 0 unspecified atom stereocenters. The molecule has 1 aliphatic heterocycles. The Hall–Kier alpha value is -3.10. The maximum absolute atomic E-state index is 13.5. The minimum Gasteiger partial charge on any atom is -0.496 e. The van der Waals surface area contributed by atoms with Crippen LogP contribution in [-0.4, -0.2) is 68.0 Å². The van der Waals surface area contributed by atoms with Crippen LogP contribution < -0.4 is 10.1 Å². The number of hydrogen-bond donors (Lipinski definition) is 1. The molecule has 9 heteroatoms. The first kappa shape index (κ1) is 24.5. The monoisotopic (exact) mass is 472 g/mol. The Balaban J connectivity index is 1.94. The van der Waals surface area contributed by atoms with Crippen molar-refractivity contribution < 1.29 is 19.1 Å². The number of hydrogen-bond acceptors (Lipinski definition) is 5. The van der Waals surface area contributed by atoms with Crippen LogP contribution in [0.25, 0.3) is 0 Å². The summed E-state index contributed by atoms with van der Waals surface area (Å²) in [6.45, 7) is 2.74. The van der Waals surface area contributed by atoms with Gasteiger partial charge in [0.15, 0.2) is 0 Å². The molecule has 3 rings (SSSR count). The van der Waals surface area contributed by atoms with Gasteiger partial charge in [-0.3, -0.25) is 4.79 Å². The van der Waals surface area contributed by atoms with E-state index < -0.39 is 6.04 Å². The van der Waals surface area contributed by atoms with Gasteiger partial charge in [0, 0.05) is 42.8 Å². The molecule has 0 fully saturated rings. The topological polar surface area (TPSA) is 83.5 Å². The van der Waals surface area contributed by atoms with Crippen LogP contribution in [0.4, 0.5) is 4.79 Å². The molecule has 1 aliphatic rings. The van der Waals surface area contributed by atoms with Crippen molar-refractivity contribution in [3.63, 3.8) is 0 Å². The fourth-order valence-electron chi connectivity index (χ4n) is 3.73. The molecule has 0 aromatic heterocycles. The number of halogens is 1. The fraction of sp³-hybridized carbons (Fsp3) is 0.375. The molecule has 0 radical (unpaired) electrons. The lowest BCUT2D eigenvalue weighted by Crippen LogP contribution is -2.47. The third kappa shape index (κ3) is 5.83. The Labute approximate surface area is 199 Å². The molecule has 0 bridgehead atoms. The molecule has 3 amide bonds. The second-order valence-corrected chi connectivity index (χ2v) is 7.88. The number of ether oxygens (including phenoxy) is 2. The van der Waals surface area contributed by atoms with Gasteiger partial charge in [-0.25, -0.2) is 9.80 Å². The molecule has 1 N–H and O–H groups in total. The summed E-state index contributed by atoms with van der Waals surface area (Å²) in [5.41, 5.74) is 2.31. The maximum Gasteiger partial charge on any atom is 0.317 e. The van der Waals surface area contributed by atoms with Gasteiger partial charge in [-0.2, -0.15) is 5.10 Å². The molecule has 1 atom stereocenters. The molecular weight excluding hydrogens is 444 g/mol. The van der Waals surface area contributed by atoms with E-state index in [-0.39, 0.29) is 25.0 Å². The smallest absolute Gasteiger partial charge is 0.317 e. The standard InChI is InChI=1S/C24H29ClN4O4/c1-4-26-24(31)28(13-14-32-2)16-23(30)29-21(18-10-6-8-12-22(18)33-3)15-20(27-29)17-9-5-7-11-19(17)25/h5-12,21H,4,13-16H2,1-3H3,(H,26,31)/t21-/m0/s1. The van der Waals surface area contributed by atoms with E-state index in [1.165, 1.54) is 9.91 Å². The van der Waals surface area contributed by atoms with Crippen LogP contribution in [0.5, 0.6) is 5.75 Å². The van der Waals surface area contributed by atoms with Gasteiger partial charge in [0.1, 0.15) is 12.3 Å². The van der Waals surface area contributed by atoms with Crippen LogP contribution >= 0.6 is 11.6 Å². The number of methoxy groups -OCH3 is 2. The van der Waals surface area contributed by atoms with E-state index in [1.54, 1.807) is 20.3 Å². The van der Waals surface area contributed by atoms with Gasteiger partial charge >= 0.3 is 6.03 Å². The molecule has 0 aliphatic carbocycles. The van der Waals surface area contributed by atoms with E-state index in [0.29, 0.717) is 36.1 Å². The lowest BCUT2D eigenvalue weighted by molar-refractivity contribution is -0.133. The average Bonchev–Trinajstić information content (AvgIpc) is 3.27. The molecule has 33 heavy (non-hydrogen) atoms. The second kappa shape index (κ2) is 11.7. The van der Waals surface area contributed by atoms with Crippen molar-refractivity contribution in [1.29, 1.82) is 0 Å². The van der Waals surface area contributed by atoms with E-state index in [1.807, 2.05) is 49.4 Å². The highest BCUT2D eigenvalue weighted by Gasteiger charge is 2.36. The van der Waals surface area contributed by atoms with Gasteiger partial charge < -0.3 is 19.7 Å². The van der Waals surface area contributed by atoms with Crippen LogP contribution in [0, 0.1) is 0 Å². The predicted octanol–water partition coefficient (Wildman–Crippen LogP) is 3.70. The van der Waals surface area contributed by atoms with Crippen LogP contribution in [-0.2, 0) is 9.53 Å². The Bertz CT molecular complexity index is 1010. The van der Waals surface area contributed by atoms with Crippen molar-refractivity contribution in [3.05, 3.63) is 64.7 Å². The van der Waals surface area contributed by atoms with E-state index in [9.17, 15) is 9.59 Å². The zero-order chi connectivity index (χ0) is 23.8. The van der Waals surface area contributed by atoms with Crippen LogP contribution in [0.15, 0.2) is 53.6 Å². The molecule has 2 aromatic carbocycles. The zero-order valence-electron chi connectivity index (χ0n) is 19.1. The largest absolute Gasteiger partial charge is 0.496 e. The number of para-hydroxylation sites is 1. The van der Waals surface area contributed by atoms with Crippen molar-refractivity contribution in [2.24, 2.45) is 5.10 Å². The first-order chi connectivity index (χ1) is 16.0. The Morgan fingerprint density at radius 2 is 1.91 bits per heavy atom. The van der Waals surface area contributed by atoms with Crippen molar-refractivity contribution in [1.82, 2.24) is 15.2 Å². The quantitative estimate of drug-likeness (QED) is 0.603. The molecular formula is C24H29ClN4O4. The van der Waals surface area contributed by atoms with Crippen molar-refractivity contribution in [2.75, 3.05) is 40.5 Å². The zero-order valence-corrected chi connectivity index (χ0v) is 19.8. The number of nitrogens with zero attached hydrogens (tertiary/aromatic N) is 3. The molecule has 2 aromatic rings. The van der Waals surface area contributed by atoms with Crippen molar-refractivity contribution in [2.45, 2.75) is 19.4 Å². The Morgan fingerprint density at radius 1 is 1.18 bits per heavy atom. The summed E-state index contributed by atoms with van der Waals surface area (Å²) >= 11 is 6.42. The summed E-state index contributed by atoms with van der Waals surface area (Å²) in [6, 6.07) is 14.2. The van der Waals surface area contributed by atoms with Crippen molar-refractivity contribution >= 4 is 29.3 Å². The molecule has 0 spiro atoms. The van der Waals surface area contributed by atoms with E-state index in [0.717, 1.165) is 11.1 Å². The number of nitrogens with one attached hydrogen (secondary N) is 1. The summed E-state index contributed by atoms with van der Waals surface area (Å²) in [6.07, 6.45) is 0.467. The third-order valence-electron chi connectivity index (χ3n) is 5.36. The summed E-state index contributed by atoms with van der Waals surface area (Å²) in [4.78, 5) is 27.4. The first-order valence-corrected chi connectivity index (χ1v) is 11.2. The fourth-order valence-corrected chi connectivity index (χ4v) is 3.98. The SMILES string of the molecule is CCNC(=O)N(CCOC)CC(=O)N1N=C(c2ccccc2Cl)C[C@H]1c1ccccc1OC. The molecule has 1 heterocycles. The number of rotatable bonds is 9. The number of amides is 3. The average molecular weight is 473 g/mol. The minimum atomic E-state index is -0.390. The van der Waals surface area contributed by atoms with Gasteiger partial charge in [0.2, 0.25) is 0 Å². The molecule has 176 valence electrons. The van der Waals surface area contributed by atoms with Gasteiger partial charge in [-0.15, -0.1) is 0 Å². The highest BCUT2D eigenvalue weighted by Crippen LogP contribution is 2.38. The predicted molar refractivity (Wildman–Crippen MR) is 128 cm³/mol. The molecule has 0 saturated carbocycles. The third-order valence-corrected chi connectivity index (χ3v) is 5.68. The lowest BCUT2D eigenvalue weighted by Gasteiger charge is -2.27. The first-order valence-electron chi connectivity index (χ1n) is 10.8. The second-order valence-electron chi connectivity index (χ2n) is 7.48. The van der Waals surface area contributed by atoms with Crippen LogP contribution in [0.3, 0.4) is 0 Å². The minimum absolute atomic E-state index is 0.139. The van der Waals surface area contributed by atoms with E-state index >= 15 is 0 Å². The van der Waals surface area contributed by atoms with Crippen LogP contribution in [0.1, 0.15) is 30.5 Å². The van der Waals surface area contributed by atoms with Gasteiger partial charge in [-0.1, -0.05) is 48.0 Å². The number of carbonyl (C=O) groups excluding carboxylic acids is 2. The van der Waals surface area contributed by atoms with Crippen LogP contribution in [0.2, 0.25) is 5.02 Å². The summed E-state index contributed by atoms with van der Waals surface area (Å²) in [7, 11) is 3.15. The molecule has 0 saturated heterocycles. The Morgan fingerprint density at radius 3 is 2.61 bits per heavy atom. The van der Waals surface area contributed by atoms with Gasteiger partial charge in [0.25, 0.3) is 5.91 Å². The number of hydrazone groups is 1. The van der Waals surface area contributed by atoms with E-state index in [4.69, 9.17) is 21.1 Å². The van der Waals surface area contributed by atoms with E-state index in [2.05, 4.69) is 10.4 Å².